The molecule has 0 bridgehead atoms. The Morgan fingerprint density at radius 2 is 2.00 bits per heavy atom. The van der Waals surface area contributed by atoms with E-state index in [2.05, 4.69) is 50.1 Å². The third kappa shape index (κ3) is 7.74. The van der Waals surface area contributed by atoms with Crippen LogP contribution in [-0.4, -0.2) is 49.3 Å². The molecule has 0 spiro atoms. The molecule has 1 aliphatic carbocycles. The third-order valence-electron chi connectivity index (χ3n) is 4.80. The zero-order valence-electron chi connectivity index (χ0n) is 17.1. The minimum absolute atomic E-state index is 0.169. The predicted octanol–water partition coefficient (Wildman–Crippen LogP) is 4.21. The molecule has 0 aromatic carbocycles. The van der Waals surface area contributed by atoms with Crippen molar-refractivity contribution >= 4 is 5.97 Å². The second-order valence-electron chi connectivity index (χ2n) is 8.19. The number of carbonyl (C=O) groups excluding carboxylic acids is 1. The van der Waals surface area contributed by atoms with Crippen molar-refractivity contribution in [1.82, 2.24) is 4.90 Å². The summed E-state index contributed by atoms with van der Waals surface area (Å²) in [5.74, 6) is 0.752. The van der Waals surface area contributed by atoms with E-state index in [1.807, 2.05) is 20.8 Å². The average molecular weight is 352 g/mol. The Balaban J connectivity index is 2.80. The van der Waals surface area contributed by atoms with E-state index >= 15 is 0 Å². The second kappa shape index (κ2) is 10.1. The lowest BCUT2D eigenvalue weighted by molar-refractivity contribution is -0.159. The number of hydrogen-bond donors (Lipinski definition) is 0. The quantitative estimate of drug-likeness (QED) is 0.583. The summed E-state index contributed by atoms with van der Waals surface area (Å²) in [6.45, 7) is 11.1. The zero-order chi connectivity index (χ0) is 19.0. The van der Waals surface area contributed by atoms with Crippen molar-refractivity contribution in [3.8, 4) is 0 Å². The topological polar surface area (TPSA) is 38.8 Å². The number of rotatable bonds is 9. The van der Waals surface area contributed by atoms with Gasteiger partial charge in [0.2, 0.25) is 0 Å². The van der Waals surface area contributed by atoms with Crippen LogP contribution in [0.3, 0.4) is 0 Å². The van der Waals surface area contributed by atoms with Crippen molar-refractivity contribution in [1.29, 1.82) is 0 Å². The van der Waals surface area contributed by atoms with E-state index in [1.54, 1.807) is 7.11 Å². The third-order valence-corrected chi connectivity index (χ3v) is 4.80. The maximum Gasteiger partial charge on any atom is 0.309 e. The van der Waals surface area contributed by atoms with Crippen LogP contribution in [-0.2, 0) is 14.3 Å². The van der Waals surface area contributed by atoms with Gasteiger partial charge in [-0.1, -0.05) is 44.6 Å². The summed E-state index contributed by atoms with van der Waals surface area (Å²) in [5.41, 5.74) is -0.466. The Labute approximate surface area is 154 Å². The Bertz CT molecular complexity index is 464. The maximum absolute atomic E-state index is 12.3. The Kier molecular flexibility index (Phi) is 8.87. The van der Waals surface area contributed by atoms with Gasteiger partial charge in [-0.15, -0.1) is 0 Å². The summed E-state index contributed by atoms with van der Waals surface area (Å²) >= 11 is 0. The van der Waals surface area contributed by atoms with E-state index in [0.29, 0.717) is 11.8 Å². The lowest BCUT2D eigenvalue weighted by atomic mass is 9.90. The highest BCUT2D eigenvalue weighted by molar-refractivity contribution is 5.70. The summed E-state index contributed by atoms with van der Waals surface area (Å²) < 4.78 is 11.3. The molecule has 4 heteroatoms. The van der Waals surface area contributed by atoms with E-state index in [-0.39, 0.29) is 24.5 Å². The molecule has 4 nitrogen and oxygen atoms in total. The molecule has 0 N–H and O–H groups in total. The van der Waals surface area contributed by atoms with Gasteiger partial charge in [0.25, 0.3) is 0 Å². The molecule has 0 fully saturated rings. The standard InChI is InChI=1S/C21H37NO3/c1-8-16(2)20(22(6)15-17-12-10-9-11-13-17)18(24-7)14-19(23)25-21(3,4)5/h9-12,16-18,20H,8,13-15H2,1-7H3/t16-,17?,18+,20-/m0/s1. The molecule has 0 saturated heterocycles. The fraction of sp³-hybridized carbons (Fsp3) is 0.762. The summed E-state index contributed by atoms with van der Waals surface area (Å²) in [6, 6.07) is 0.182. The molecule has 0 radical (unpaired) electrons. The summed E-state index contributed by atoms with van der Waals surface area (Å²) in [5, 5.41) is 0. The van der Waals surface area contributed by atoms with Crippen LogP contribution in [0.25, 0.3) is 0 Å². The summed E-state index contributed by atoms with van der Waals surface area (Å²) in [6.07, 6.45) is 10.9. The molecule has 0 aliphatic heterocycles. The van der Waals surface area contributed by atoms with Crippen LogP contribution in [0.15, 0.2) is 24.3 Å². The van der Waals surface area contributed by atoms with E-state index in [9.17, 15) is 4.79 Å². The van der Waals surface area contributed by atoms with Crippen molar-refractivity contribution in [3.63, 3.8) is 0 Å². The van der Waals surface area contributed by atoms with Gasteiger partial charge in [0, 0.05) is 19.7 Å². The molecule has 1 aliphatic rings. The first-order valence-electron chi connectivity index (χ1n) is 9.46. The van der Waals surface area contributed by atoms with Crippen molar-refractivity contribution in [2.24, 2.45) is 11.8 Å². The minimum Gasteiger partial charge on any atom is -0.460 e. The van der Waals surface area contributed by atoms with E-state index < -0.39 is 5.60 Å². The van der Waals surface area contributed by atoms with E-state index in [0.717, 1.165) is 19.4 Å². The smallest absolute Gasteiger partial charge is 0.309 e. The van der Waals surface area contributed by atoms with Gasteiger partial charge in [-0.25, -0.2) is 0 Å². The lowest BCUT2D eigenvalue weighted by Gasteiger charge is -2.39. The van der Waals surface area contributed by atoms with Crippen molar-refractivity contribution in [2.75, 3.05) is 20.7 Å². The van der Waals surface area contributed by atoms with Crippen LogP contribution < -0.4 is 0 Å². The van der Waals surface area contributed by atoms with Gasteiger partial charge in [-0.3, -0.25) is 9.69 Å². The maximum atomic E-state index is 12.3. The molecule has 1 unspecified atom stereocenters. The van der Waals surface area contributed by atoms with Crippen LogP contribution in [0.2, 0.25) is 0 Å². The monoisotopic (exact) mass is 351 g/mol. The van der Waals surface area contributed by atoms with Crippen LogP contribution in [0.5, 0.6) is 0 Å². The number of esters is 1. The molecular formula is C21H37NO3. The van der Waals surface area contributed by atoms with Crippen LogP contribution in [0, 0.1) is 11.8 Å². The fourth-order valence-electron chi connectivity index (χ4n) is 3.48. The van der Waals surface area contributed by atoms with Crippen LogP contribution in [0.1, 0.15) is 53.9 Å². The number of methoxy groups -OCH3 is 1. The number of allylic oxidation sites excluding steroid dienone is 3. The van der Waals surface area contributed by atoms with Gasteiger partial charge in [-0.2, -0.15) is 0 Å². The van der Waals surface area contributed by atoms with Crippen LogP contribution in [0.4, 0.5) is 0 Å². The highest BCUT2D eigenvalue weighted by Gasteiger charge is 2.33. The molecule has 0 heterocycles. The molecule has 144 valence electrons. The molecule has 1 rings (SSSR count). The average Bonchev–Trinajstić information content (AvgIpc) is 2.53. The first-order valence-corrected chi connectivity index (χ1v) is 9.46. The number of carbonyl (C=O) groups is 1. The number of hydrogen-bond acceptors (Lipinski definition) is 4. The van der Waals surface area contributed by atoms with Crippen molar-refractivity contribution < 1.29 is 14.3 Å². The highest BCUT2D eigenvalue weighted by atomic mass is 16.6. The SMILES string of the molecule is CC[C@H](C)[C@@H]([C@@H](CC(=O)OC(C)(C)C)OC)N(C)CC1C=CC=CC1. The minimum atomic E-state index is -0.466. The van der Waals surface area contributed by atoms with Gasteiger partial charge < -0.3 is 9.47 Å². The fourth-order valence-corrected chi connectivity index (χ4v) is 3.48. The van der Waals surface area contributed by atoms with E-state index in [4.69, 9.17) is 9.47 Å². The molecule has 0 amide bonds. The second-order valence-corrected chi connectivity index (χ2v) is 8.19. The molecule has 0 aromatic heterocycles. The predicted molar refractivity (Wildman–Crippen MR) is 104 cm³/mol. The van der Waals surface area contributed by atoms with Crippen molar-refractivity contribution in [3.05, 3.63) is 24.3 Å². The number of nitrogens with zero attached hydrogens (tertiary/aromatic N) is 1. The number of likely N-dealkylation sites (N-methyl/N-ethyl adjacent to an activating group) is 1. The molecule has 4 atom stereocenters. The van der Waals surface area contributed by atoms with Gasteiger partial charge >= 0.3 is 5.97 Å². The Morgan fingerprint density at radius 1 is 1.32 bits per heavy atom. The molecular weight excluding hydrogens is 314 g/mol. The zero-order valence-corrected chi connectivity index (χ0v) is 17.1. The largest absolute Gasteiger partial charge is 0.460 e. The summed E-state index contributed by atoms with van der Waals surface area (Å²) in [4.78, 5) is 14.7. The first kappa shape index (κ1) is 21.9. The van der Waals surface area contributed by atoms with Crippen molar-refractivity contribution in [2.45, 2.75) is 71.6 Å². The highest BCUT2D eigenvalue weighted by Crippen LogP contribution is 2.24. The Hall–Kier alpha value is -1.13. The van der Waals surface area contributed by atoms with Crippen LogP contribution >= 0.6 is 0 Å². The molecule has 25 heavy (non-hydrogen) atoms. The molecule has 0 aromatic rings. The lowest BCUT2D eigenvalue weighted by Crippen LogP contribution is -2.49. The van der Waals surface area contributed by atoms with Gasteiger partial charge in [0.1, 0.15) is 5.60 Å². The first-order chi connectivity index (χ1) is 11.7. The van der Waals surface area contributed by atoms with Gasteiger partial charge in [0.15, 0.2) is 0 Å². The summed E-state index contributed by atoms with van der Waals surface area (Å²) in [7, 11) is 3.84. The normalized spacial score (nSPS) is 21.2. The van der Waals surface area contributed by atoms with E-state index in [1.165, 1.54) is 0 Å². The number of ether oxygens (including phenoxy) is 2. The van der Waals surface area contributed by atoms with Gasteiger partial charge in [-0.05, 0) is 46.1 Å². The Morgan fingerprint density at radius 3 is 2.48 bits per heavy atom. The van der Waals surface area contributed by atoms with Gasteiger partial charge in [0.05, 0.1) is 12.5 Å². The molecule has 0 saturated carbocycles.